The molecule has 1 aliphatic carbocycles. The Bertz CT molecular complexity index is 678. The molecule has 1 aromatic rings. The van der Waals surface area contributed by atoms with Gasteiger partial charge in [0, 0.05) is 25.0 Å². The molecule has 0 amide bonds. The van der Waals surface area contributed by atoms with Crippen molar-refractivity contribution >= 4 is 10.2 Å². The fourth-order valence-corrected chi connectivity index (χ4v) is 3.99. The maximum absolute atomic E-state index is 13.0. The summed E-state index contributed by atoms with van der Waals surface area (Å²) in [5, 5.41) is 8.86. The lowest BCUT2D eigenvalue weighted by molar-refractivity contribution is 0.390. The number of hydrogen-bond donors (Lipinski definition) is 1. The molecule has 1 fully saturated rings. The van der Waals surface area contributed by atoms with Crippen molar-refractivity contribution in [2.45, 2.75) is 32.1 Å². The molecule has 0 aromatic heterocycles. The molecule has 23 heavy (non-hydrogen) atoms. The standard InChI is InChI=1S/C16H22FN3O2S/c1-3-20(11-13(2)10-18)23(21,22)19-12-16(8-9-16)14-4-6-15(17)7-5-14/h4-7,13,19H,3,8-9,11-12H2,1-2H3/t13-/m0/s1. The molecular weight excluding hydrogens is 317 g/mol. The van der Waals surface area contributed by atoms with Crippen LogP contribution in [0.1, 0.15) is 32.3 Å². The van der Waals surface area contributed by atoms with Crippen molar-refractivity contribution in [1.29, 1.82) is 5.26 Å². The van der Waals surface area contributed by atoms with Gasteiger partial charge in [0.25, 0.3) is 10.2 Å². The van der Waals surface area contributed by atoms with E-state index < -0.39 is 10.2 Å². The summed E-state index contributed by atoms with van der Waals surface area (Å²) in [6.07, 6.45) is 1.75. The fraction of sp³-hybridized carbons (Fsp3) is 0.562. The summed E-state index contributed by atoms with van der Waals surface area (Å²) in [5.74, 6) is -0.661. The van der Waals surface area contributed by atoms with Gasteiger partial charge in [0.2, 0.25) is 0 Å². The van der Waals surface area contributed by atoms with Crippen molar-refractivity contribution in [3.05, 3.63) is 35.6 Å². The van der Waals surface area contributed by atoms with Gasteiger partial charge in [-0.1, -0.05) is 19.1 Å². The van der Waals surface area contributed by atoms with E-state index in [2.05, 4.69) is 4.72 Å². The number of rotatable bonds is 8. The van der Waals surface area contributed by atoms with Gasteiger partial charge in [-0.25, -0.2) is 9.11 Å². The zero-order valence-corrected chi connectivity index (χ0v) is 14.2. The lowest BCUT2D eigenvalue weighted by Crippen LogP contribution is -2.45. The van der Waals surface area contributed by atoms with E-state index in [0.29, 0.717) is 13.1 Å². The molecule has 0 unspecified atom stereocenters. The normalized spacial score (nSPS) is 17.7. The summed E-state index contributed by atoms with van der Waals surface area (Å²) in [5.41, 5.74) is 0.719. The van der Waals surface area contributed by atoms with Crippen molar-refractivity contribution < 1.29 is 12.8 Å². The second kappa shape index (κ2) is 6.95. The third kappa shape index (κ3) is 4.28. The second-order valence-corrected chi connectivity index (χ2v) is 7.85. The Morgan fingerprint density at radius 1 is 1.39 bits per heavy atom. The molecule has 1 saturated carbocycles. The number of benzene rings is 1. The molecule has 7 heteroatoms. The molecule has 1 aromatic carbocycles. The van der Waals surface area contributed by atoms with Crippen molar-refractivity contribution in [1.82, 2.24) is 9.03 Å². The van der Waals surface area contributed by atoms with Crippen LogP contribution in [0.25, 0.3) is 0 Å². The SMILES string of the molecule is CCN(C[C@@H](C)C#N)S(=O)(=O)NCC1(c2ccc(F)cc2)CC1. The first-order chi connectivity index (χ1) is 10.8. The number of halogens is 1. The van der Waals surface area contributed by atoms with Gasteiger partial charge < -0.3 is 0 Å². The highest BCUT2D eigenvalue weighted by Crippen LogP contribution is 2.47. The molecule has 5 nitrogen and oxygen atoms in total. The van der Waals surface area contributed by atoms with Gasteiger partial charge in [-0.3, -0.25) is 0 Å². The zero-order valence-electron chi connectivity index (χ0n) is 13.4. The Morgan fingerprint density at radius 3 is 2.48 bits per heavy atom. The topological polar surface area (TPSA) is 73.2 Å². The number of hydrogen-bond acceptors (Lipinski definition) is 3. The van der Waals surface area contributed by atoms with Crippen LogP contribution >= 0.6 is 0 Å². The predicted molar refractivity (Wildman–Crippen MR) is 86.3 cm³/mol. The maximum Gasteiger partial charge on any atom is 0.279 e. The molecule has 0 radical (unpaired) electrons. The predicted octanol–water partition coefficient (Wildman–Crippen LogP) is 2.17. The minimum absolute atomic E-state index is 0.173. The van der Waals surface area contributed by atoms with Crippen LogP contribution in [0, 0.1) is 23.1 Å². The van der Waals surface area contributed by atoms with E-state index >= 15 is 0 Å². The van der Waals surface area contributed by atoms with Gasteiger partial charge in [-0.2, -0.15) is 18.0 Å². The molecule has 0 aliphatic heterocycles. The lowest BCUT2D eigenvalue weighted by atomic mass is 9.96. The lowest BCUT2D eigenvalue weighted by Gasteiger charge is -2.24. The van der Waals surface area contributed by atoms with E-state index in [1.54, 1.807) is 26.0 Å². The van der Waals surface area contributed by atoms with E-state index in [9.17, 15) is 12.8 Å². The molecule has 0 heterocycles. The molecule has 2 rings (SSSR count). The zero-order chi connectivity index (χ0) is 17.1. The van der Waals surface area contributed by atoms with Crippen LogP contribution in [-0.2, 0) is 15.6 Å². The Balaban J connectivity index is 2.04. The highest BCUT2D eigenvalue weighted by Gasteiger charge is 2.45. The first-order valence-electron chi connectivity index (χ1n) is 7.73. The summed E-state index contributed by atoms with van der Waals surface area (Å²) in [7, 11) is -3.63. The Labute approximate surface area is 137 Å². The van der Waals surface area contributed by atoms with Crippen LogP contribution in [0.5, 0.6) is 0 Å². The van der Waals surface area contributed by atoms with Gasteiger partial charge in [-0.05, 0) is 37.5 Å². The molecule has 0 bridgehead atoms. The van der Waals surface area contributed by atoms with Crippen LogP contribution in [0.4, 0.5) is 4.39 Å². The summed E-state index contributed by atoms with van der Waals surface area (Å²) in [4.78, 5) is 0. The van der Waals surface area contributed by atoms with Crippen molar-refractivity contribution in [2.24, 2.45) is 5.92 Å². The van der Waals surface area contributed by atoms with Gasteiger partial charge in [0.1, 0.15) is 5.82 Å². The summed E-state index contributed by atoms with van der Waals surface area (Å²) >= 11 is 0. The quantitative estimate of drug-likeness (QED) is 0.789. The summed E-state index contributed by atoms with van der Waals surface area (Å²) in [6.45, 7) is 4.21. The highest BCUT2D eigenvalue weighted by atomic mass is 32.2. The van der Waals surface area contributed by atoms with Gasteiger partial charge in [0.05, 0.1) is 12.0 Å². The van der Waals surface area contributed by atoms with E-state index in [0.717, 1.165) is 18.4 Å². The molecule has 0 saturated heterocycles. The Morgan fingerprint density at radius 2 is 2.00 bits per heavy atom. The average Bonchev–Trinajstić information content (AvgIpc) is 3.32. The summed E-state index contributed by atoms with van der Waals surface area (Å²) in [6, 6.07) is 8.28. The second-order valence-electron chi connectivity index (χ2n) is 6.09. The minimum atomic E-state index is -3.63. The molecular formula is C16H22FN3O2S. The van der Waals surface area contributed by atoms with Gasteiger partial charge >= 0.3 is 0 Å². The third-order valence-electron chi connectivity index (χ3n) is 4.29. The van der Waals surface area contributed by atoms with Crippen LogP contribution in [0.15, 0.2) is 24.3 Å². The molecule has 126 valence electrons. The summed E-state index contributed by atoms with van der Waals surface area (Å²) < 4.78 is 41.8. The van der Waals surface area contributed by atoms with Crippen LogP contribution < -0.4 is 4.72 Å². The minimum Gasteiger partial charge on any atom is -0.207 e. The van der Waals surface area contributed by atoms with Crippen molar-refractivity contribution in [2.75, 3.05) is 19.6 Å². The van der Waals surface area contributed by atoms with Crippen LogP contribution in [0.3, 0.4) is 0 Å². The monoisotopic (exact) mass is 339 g/mol. The van der Waals surface area contributed by atoms with E-state index in [1.165, 1.54) is 16.4 Å². The molecule has 1 atom stereocenters. The smallest absolute Gasteiger partial charge is 0.207 e. The number of nitrogens with zero attached hydrogens (tertiary/aromatic N) is 2. The van der Waals surface area contributed by atoms with Gasteiger partial charge in [0.15, 0.2) is 0 Å². The van der Waals surface area contributed by atoms with E-state index in [1.807, 2.05) is 6.07 Å². The Kier molecular flexibility index (Phi) is 5.40. The number of nitriles is 1. The average molecular weight is 339 g/mol. The van der Waals surface area contributed by atoms with E-state index in [-0.39, 0.29) is 23.7 Å². The van der Waals surface area contributed by atoms with Crippen LogP contribution in [0.2, 0.25) is 0 Å². The third-order valence-corrected chi connectivity index (χ3v) is 5.89. The largest absolute Gasteiger partial charge is 0.279 e. The van der Waals surface area contributed by atoms with Crippen molar-refractivity contribution in [3.8, 4) is 6.07 Å². The number of nitrogens with one attached hydrogen (secondary N) is 1. The van der Waals surface area contributed by atoms with E-state index in [4.69, 9.17) is 5.26 Å². The Hall–Kier alpha value is -1.49. The molecule has 0 spiro atoms. The van der Waals surface area contributed by atoms with Gasteiger partial charge in [-0.15, -0.1) is 0 Å². The first kappa shape index (κ1) is 17.9. The molecule has 1 aliphatic rings. The fourth-order valence-electron chi connectivity index (χ4n) is 2.59. The first-order valence-corrected chi connectivity index (χ1v) is 9.17. The molecule has 1 N–H and O–H groups in total. The van der Waals surface area contributed by atoms with Crippen molar-refractivity contribution in [3.63, 3.8) is 0 Å². The highest BCUT2D eigenvalue weighted by molar-refractivity contribution is 7.87. The maximum atomic E-state index is 13.0. The van der Waals surface area contributed by atoms with Crippen LogP contribution in [-0.4, -0.2) is 32.4 Å².